The number of benzene rings is 1. The van der Waals surface area contributed by atoms with E-state index in [4.69, 9.17) is 11.6 Å². The summed E-state index contributed by atoms with van der Waals surface area (Å²) in [6.45, 7) is 4.08. The van der Waals surface area contributed by atoms with Crippen molar-refractivity contribution < 1.29 is 8.42 Å². The molecule has 0 aliphatic carbocycles. The highest BCUT2D eigenvalue weighted by Crippen LogP contribution is 2.14. The molecule has 1 rings (SSSR count). The smallest absolute Gasteiger partial charge is 0.200 e. The van der Waals surface area contributed by atoms with Crippen molar-refractivity contribution >= 4 is 27.3 Å². The van der Waals surface area contributed by atoms with Gasteiger partial charge in [0.05, 0.1) is 4.90 Å². The third-order valence-corrected chi connectivity index (χ3v) is 4.00. The Morgan fingerprint density at radius 1 is 1.16 bits per heavy atom. The van der Waals surface area contributed by atoms with Gasteiger partial charge in [-0.2, -0.15) is 13.5 Å². The van der Waals surface area contributed by atoms with Gasteiger partial charge in [-0.1, -0.05) is 38.3 Å². The van der Waals surface area contributed by atoms with E-state index in [2.05, 4.69) is 9.93 Å². The molecule has 0 radical (unpaired) electrons. The van der Waals surface area contributed by atoms with Crippen LogP contribution in [0.2, 0.25) is 5.02 Å². The predicted molar refractivity (Wildman–Crippen MR) is 79.0 cm³/mol. The van der Waals surface area contributed by atoms with Crippen molar-refractivity contribution in [1.82, 2.24) is 4.83 Å². The van der Waals surface area contributed by atoms with E-state index < -0.39 is 10.0 Å². The molecular formula is C13H19ClN2O2S. The normalized spacial score (nSPS) is 11.1. The number of halogens is 1. The number of hydrogen-bond acceptors (Lipinski definition) is 3. The fourth-order valence-electron chi connectivity index (χ4n) is 1.61. The Kier molecular flexibility index (Phi) is 6.31. The Hall–Kier alpha value is -1.07. The number of rotatable bonds is 7. The van der Waals surface area contributed by atoms with E-state index in [0.717, 1.165) is 31.4 Å². The SMILES string of the molecule is CCCC(CCC)=NNS(=O)(=O)c1ccc(Cl)cc1. The molecule has 0 saturated carbocycles. The van der Waals surface area contributed by atoms with Gasteiger partial charge in [-0.05, 0) is 37.1 Å². The first-order valence-corrected chi connectivity index (χ1v) is 8.18. The van der Waals surface area contributed by atoms with E-state index in [0.29, 0.717) is 5.02 Å². The topological polar surface area (TPSA) is 58.5 Å². The standard InChI is InChI=1S/C13H19ClN2O2S/c1-3-5-12(6-4-2)15-16-19(17,18)13-9-7-11(14)8-10-13/h7-10,16H,3-6H2,1-2H3. The molecule has 0 fully saturated rings. The summed E-state index contributed by atoms with van der Waals surface area (Å²) in [6, 6.07) is 6.00. The monoisotopic (exact) mass is 302 g/mol. The number of sulfonamides is 1. The van der Waals surface area contributed by atoms with Crippen LogP contribution in [-0.4, -0.2) is 14.1 Å². The number of hydrogen-bond donors (Lipinski definition) is 1. The molecule has 0 amide bonds. The number of hydrazone groups is 1. The molecule has 6 heteroatoms. The maximum absolute atomic E-state index is 12.0. The molecule has 19 heavy (non-hydrogen) atoms. The van der Waals surface area contributed by atoms with Gasteiger partial charge in [-0.15, -0.1) is 0 Å². The van der Waals surface area contributed by atoms with Crippen molar-refractivity contribution in [1.29, 1.82) is 0 Å². The lowest BCUT2D eigenvalue weighted by atomic mass is 10.1. The molecule has 0 atom stereocenters. The Bertz CT molecular complexity index is 516. The highest BCUT2D eigenvalue weighted by Gasteiger charge is 2.12. The summed E-state index contributed by atoms with van der Waals surface area (Å²) < 4.78 is 24.0. The van der Waals surface area contributed by atoms with E-state index in [9.17, 15) is 8.42 Å². The van der Waals surface area contributed by atoms with Crippen LogP contribution in [-0.2, 0) is 10.0 Å². The fourth-order valence-corrected chi connectivity index (χ4v) is 2.58. The van der Waals surface area contributed by atoms with Crippen LogP contribution in [0, 0.1) is 0 Å². The van der Waals surface area contributed by atoms with Crippen LogP contribution in [0.1, 0.15) is 39.5 Å². The highest BCUT2D eigenvalue weighted by atomic mass is 35.5. The second-order valence-electron chi connectivity index (χ2n) is 4.23. The molecule has 4 nitrogen and oxygen atoms in total. The summed E-state index contributed by atoms with van der Waals surface area (Å²) in [5, 5.41) is 4.52. The van der Waals surface area contributed by atoms with Gasteiger partial charge in [0.25, 0.3) is 10.0 Å². The fraction of sp³-hybridized carbons (Fsp3) is 0.462. The van der Waals surface area contributed by atoms with E-state index >= 15 is 0 Å². The lowest BCUT2D eigenvalue weighted by molar-refractivity contribution is 0.584. The van der Waals surface area contributed by atoms with Crippen LogP contribution in [0.4, 0.5) is 0 Å². The highest BCUT2D eigenvalue weighted by molar-refractivity contribution is 7.89. The molecule has 0 bridgehead atoms. The first-order chi connectivity index (χ1) is 8.99. The maximum Gasteiger partial charge on any atom is 0.276 e. The number of nitrogens with one attached hydrogen (secondary N) is 1. The number of nitrogens with zero attached hydrogens (tertiary/aromatic N) is 1. The summed E-state index contributed by atoms with van der Waals surface area (Å²) in [7, 11) is -3.60. The Morgan fingerprint density at radius 2 is 1.68 bits per heavy atom. The summed E-state index contributed by atoms with van der Waals surface area (Å²) in [5.41, 5.74) is 0.877. The Morgan fingerprint density at radius 3 is 2.16 bits per heavy atom. The van der Waals surface area contributed by atoms with Crippen LogP contribution < -0.4 is 4.83 Å². The van der Waals surface area contributed by atoms with Gasteiger partial charge in [0.1, 0.15) is 0 Å². The van der Waals surface area contributed by atoms with Crippen LogP contribution in [0.25, 0.3) is 0 Å². The lowest BCUT2D eigenvalue weighted by Crippen LogP contribution is -2.20. The predicted octanol–water partition coefficient (Wildman–Crippen LogP) is 3.57. The van der Waals surface area contributed by atoms with Crippen LogP contribution in [0.15, 0.2) is 34.3 Å². The molecule has 0 aromatic heterocycles. The molecular weight excluding hydrogens is 284 g/mol. The van der Waals surface area contributed by atoms with Crippen molar-refractivity contribution in [3.05, 3.63) is 29.3 Å². The van der Waals surface area contributed by atoms with Crippen molar-refractivity contribution in [2.75, 3.05) is 0 Å². The Balaban J connectivity index is 2.84. The van der Waals surface area contributed by atoms with Crippen molar-refractivity contribution in [2.45, 2.75) is 44.4 Å². The third kappa shape index (κ3) is 5.20. The minimum Gasteiger partial charge on any atom is -0.200 e. The summed E-state index contributed by atoms with van der Waals surface area (Å²) in [5.74, 6) is 0. The van der Waals surface area contributed by atoms with Crippen molar-refractivity contribution in [2.24, 2.45) is 5.10 Å². The quantitative estimate of drug-likeness (QED) is 0.618. The zero-order chi connectivity index (χ0) is 14.3. The summed E-state index contributed by atoms with van der Waals surface area (Å²) in [4.78, 5) is 2.44. The molecule has 0 aliphatic heterocycles. The van der Waals surface area contributed by atoms with Gasteiger partial charge in [0, 0.05) is 10.7 Å². The molecule has 0 unspecified atom stereocenters. The van der Waals surface area contributed by atoms with E-state index in [1.54, 1.807) is 12.1 Å². The third-order valence-electron chi connectivity index (χ3n) is 2.53. The van der Waals surface area contributed by atoms with E-state index in [-0.39, 0.29) is 4.90 Å². The summed E-state index contributed by atoms with van der Waals surface area (Å²) in [6.07, 6.45) is 3.50. The molecule has 1 aromatic carbocycles. The molecule has 0 saturated heterocycles. The molecule has 0 spiro atoms. The average Bonchev–Trinajstić information content (AvgIpc) is 2.37. The maximum atomic E-state index is 12.0. The average molecular weight is 303 g/mol. The van der Waals surface area contributed by atoms with Crippen LogP contribution in [0.3, 0.4) is 0 Å². The first kappa shape index (κ1) is 16.0. The van der Waals surface area contributed by atoms with E-state index in [1.165, 1.54) is 12.1 Å². The summed E-state index contributed by atoms with van der Waals surface area (Å²) >= 11 is 5.73. The van der Waals surface area contributed by atoms with Crippen molar-refractivity contribution in [3.8, 4) is 0 Å². The minimum absolute atomic E-state index is 0.160. The lowest BCUT2D eigenvalue weighted by Gasteiger charge is -2.07. The van der Waals surface area contributed by atoms with Crippen molar-refractivity contribution in [3.63, 3.8) is 0 Å². The van der Waals surface area contributed by atoms with Gasteiger partial charge >= 0.3 is 0 Å². The zero-order valence-electron chi connectivity index (χ0n) is 11.2. The molecule has 0 heterocycles. The van der Waals surface area contributed by atoms with E-state index in [1.807, 2.05) is 13.8 Å². The first-order valence-electron chi connectivity index (χ1n) is 6.32. The largest absolute Gasteiger partial charge is 0.276 e. The second-order valence-corrected chi connectivity index (χ2v) is 6.32. The Labute approximate surface area is 119 Å². The van der Waals surface area contributed by atoms with Crippen LogP contribution >= 0.6 is 11.6 Å². The zero-order valence-corrected chi connectivity index (χ0v) is 12.8. The van der Waals surface area contributed by atoms with Gasteiger partial charge < -0.3 is 0 Å². The van der Waals surface area contributed by atoms with Gasteiger partial charge in [0.15, 0.2) is 0 Å². The van der Waals surface area contributed by atoms with Crippen LogP contribution in [0.5, 0.6) is 0 Å². The minimum atomic E-state index is -3.60. The van der Waals surface area contributed by atoms with Gasteiger partial charge in [-0.25, -0.2) is 4.83 Å². The van der Waals surface area contributed by atoms with Gasteiger partial charge in [-0.3, -0.25) is 0 Å². The molecule has 106 valence electrons. The van der Waals surface area contributed by atoms with Gasteiger partial charge in [0.2, 0.25) is 0 Å². The second kappa shape index (κ2) is 7.50. The molecule has 1 N–H and O–H groups in total. The molecule has 0 aliphatic rings. The molecule has 1 aromatic rings.